The quantitative estimate of drug-likeness (QED) is 0.198. The fourth-order valence-electron chi connectivity index (χ4n) is 5.88. The summed E-state index contributed by atoms with van der Waals surface area (Å²) in [5.74, 6) is 0.204. The first-order valence-electron chi connectivity index (χ1n) is 14.0. The number of benzene rings is 2. The zero-order valence-corrected chi connectivity index (χ0v) is 24.3. The third-order valence-electron chi connectivity index (χ3n) is 8.18. The minimum Gasteiger partial charge on any atom is -0.382 e. The van der Waals surface area contributed by atoms with Gasteiger partial charge in [0, 0.05) is 41.4 Å². The van der Waals surface area contributed by atoms with E-state index in [2.05, 4.69) is 35.5 Å². The van der Waals surface area contributed by atoms with Crippen LogP contribution in [0.3, 0.4) is 0 Å². The number of aromatic nitrogens is 1. The molecule has 1 unspecified atom stereocenters. The van der Waals surface area contributed by atoms with Gasteiger partial charge in [-0.25, -0.2) is 0 Å². The molecule has 6 heteroatoms. The molecule has 0 saturated heterocycles. The van der Waals surface area contributed by atoms with Crippen molar-refractivity contribution in [1.82, 2.24) is 9.47 Å². The van der Waals surface area contributed by atoms with Gasteiger partial charge in [0.2, 0.25) is 0 Å². The highest BCUT2D eigenvalue weighted by atomic mass is 16.5. The SMILES string of the molecule is CCN(CC)C(C)(C)C(=O)c1ccc2c(c1)c1c(n2CCOCCOC)C=CC(C)(C(=O)c2ccccc2)C1. The Morgan fingerprint density at radius 3 is 2.38 bits per heavy atom. The molecule has 4 rings (SSSR count). The van der Waals surface area contributed by atoms with Crippen molar-refractivity contribution < 1.29 is 19.1 Å². The van der Waals surface area contributed by atoms with Gasteiger partial charge >= 0.3 is 0 Å². The minimum atomic E-state index is -0.678. The summed E-state index contributed by atoms with van der Waals surface area (Å²) in [6.45, 7) is 14.1. The Balaban J connectivity index is 1.77. The third-order valence-corrected chi connectivity index (χ3v) is 8.18. The second kappa shape index (κ2) is 12.0. The first-order chi connectivity index (χ1) is 18.7. The highest BCUT2D eigenvalue weighted by Gasteiger charge is 2.37. The van der Waals surface area contributed by atoms with E-state index >= 15 is 0 Å². The molecule has 0 bridgehead atoms. The molecule has 0 aliphatic heterocycles. The highest BCUT2D eigenvalue weighted by Crippen LogP contribution is 2.41. The molecule has 0 N–H and O–H groups in total. The topological polar surface area (TPSA) is 60.8 Å². The van der Waals surface area contributed by atoms with Crippen molar-refractivity contribution in [3.63, 3.8) is 0 Å². The first-order valence-corrected chi connectivity index (χ1v) is 14.0. The number of carbonyl (C=O) groups excluding carboxylic acids is 2. The van der Waals surface area contributed by atoms with Gasteiger partial charge in [0.1, 0.15) is 0 Å². The Morgan fingerprint density at radius 2 is 1.72 bits per heavy atom. The predicted octanol–water partition coefficient (Wildman–Crippen LogP) is 6.07. The Labute approximate surface area is 232 Å². The predicted molar refractivity (Wildman–Crippen MR) is 158 cm³/mol. The van der Waals surface area contributed by atoms with Gasteiger partial charge in [-0.2, -0.15) is 0 Å². The van der Waals surface area contributed by atoms with E-state index in [9.17, 15) is 9.59 Å². The summed E-state index contributed by atoms with van der Waals surface area (Å²) in [5.41, 5.74) is 3.34. The van der Waals surface area contributed by atoms with Gasteiger partial charge in [-0.05, 0) is 70.1 Å². The van der Waals surface area contributed by atoms with E-state index in [4.69, 9.17) is 9.47 Å². The molecule has 1 heterocycles. The Morgan fingerprint density at radius 1 is 1.00 bits per heavy atom. The maximum Gasteiger partial charge on any atom is 0.182 e. The maximum atomic E-state index is 13.8. The van der Waals surface area contributed by atoms with Gasteiger partial charge < -0.3 is 14.0 Å². The second-order valence-corrected chi connectivity index (χ2v) is 11.0. The summed E-state index contributed by atoms with van der Waals surface area (Å²) in [7, 11) is 1.66. The molecule has 0 saturated carbocycles. The number of carbonyl (C=O) groups is 2. The normalized spacial score (nSPS) is 17.1. The molecule has 3 aromatic rings. The number of likely N-dealkylation sites (N-methyl/N-ethyl adjacent to an activating group) is 1. The molecule has 6 nitrogen and oxygen atoms in total. The third kappa shape index (κ3) is 5.65. The molecule has 1 aliphatic rings. The van der Waals surface area contributed by atoms with Crippen LogP contribution in [0.2, 0.25) is 0 Å². The van der Waals surface area contributed by atoms with Crippen molar-refractivity contribution in [2.45, 2.75) is 53.1 Å². The first kappa shape index (κ1) is 28.9. The fourth-order valence-corrected chi connectivity index (χ4v) is 5.88. The molecule has 2 aromatic carbocycles. The van der Waals surface area contributed by atoms with Gasteiger partial charge in [-0.1, -0.05) is 50.3 Å². The van der Waals surface area contributed by atoms with Crippen LogP contribution in [0.25, 0.3) is 17.0 Å². The largest absolute Gasteiger partial charge is 0.382 e. The van der Waals surface area contributed by atoms with E-state index in [0.717, 1.165) is 35.2 Å². The van der Waals surface area contributed by atoms with Crippen molar-refractivity contribution >= 4 is 28.5 Å². The van der Waals surface area contributed by atoms with Gasteiger partial charge in [0.15, 0.2) is 11.6 Å². The lowest BCUT2D eigenvalue weighted by molar-refractivity contribution is 0.0667. The number of ketones is 2. The van der Waals surface area contributed by atoms with Crippen LogP contribution < -0.4 is 0 Å². The van der Waals surface area contributed by atoms with E-state index in [0.29, 0.717) is 43.9 Å². The highest BCUT2D eigenvalue weighted by molar-refractivity contribution is 6.07. The Bertz CT molecular complexity index is 1350. The number of rotatable bonds is 13. The van der Waals surface area contributed by atoms with Crippen LogP contribution in [0.4, 0.5) is 0 Å². The number of methoxy groups -OCH3 is 1. The second-order valence-electron chi connectivity index (χ2n) is 11.0. The van der Waals surface area contributed by atoms with Crippen molar-refractivity contribution in [3.8, 4) is 0 Å². The van der Waals surface area contributed by atoms with E-state index in [1.54, 1.807) is 7.11 Å². The molecule has 1 aromatic heterocycles. The lowest BCUT2D eigenvalue weighted by Crippen LogP contribution is -2.49. The lowest BCUT2D eigenvalue weighted by atomic mass is 9.73. The molecule has 0 radical (unpaired) electrons. The van der Waals surface area contributed by atoms with Gasteiger partial charge in [-0.3, -0.25) is 14.5 Å². The van der Waals surface area contributed by atoms with Crippen LogP contribution in [0.15, 0.2) is 54.6 Å². The zero-order chi connectivity index (χ0) is 28.2. The average Bonchev–Trinajstić information content (AvgIpc) is 3.24. The molecule has 39 heavy (non-hydrogen) atoms. The molecular formula is C33H42N2O4. The summed E-state index contributed by atoms with van der Waals surface area (Å²) in [5, 5.41) is 1.03. The number of hydrogen-bond acceptors (Lipinski definition) is 5. The van der Waals surface area contributed by atoms with Crippen molar-refractivity contribution in [2.24, 2.45) is 5.41 Å². The van der Waals surface area contributed by atoms with Crippen molar-refractivity contribution in [2.75, 3.05) is 40.0 Å². The van der Waals surface area contributed by atoms with Crippen LogP contribution in [0.1, 0.15) is 66.6 Å². The van der Waals surface area contributed by atoms with Crippen LogP contribution in [-0.4, -0.2) is 66.6 Å². The number of ether oxygens (including phenoxy) is 2. The molecular weight excluding hydrogens is 488 g/mol. The molecule has 1 aliphatic carbocycles. The number of hydrogen-bond donors (Lipinski definition) is 0. The molecule has 208 valence electrons. The maximum absolute atomic E-state index is 13.8. The number of allylic oxidation sites excluding steroid dienone is 1. The molecule has 0 spiro atoms. The van der Waals surface area contributed by atoms with Gasteiger partial charge in [0.05, 0.1) is 30.8 Å². The van der Waals surface area contributed by atoms with E-state index < -0.39 is 11.0 Å². The van der Waals surface area contributed by atoms with Gasteiger partial charge in [0.25, 0.3) is 0 Å². The van der Waals surface area contributed by atoms with E-state index in [1.807, 2.05) is 69.3 Å². The molecule has 1 atom stereocenters. The summed E-state index contributed by atoms with van der Waals surface area (Å²) in [6, 6.07) is 15.5. The van der Waals surface area contributed by atoms with Crippen molar-refractivity contribution in [1.29, 1.82) is 0 Å². The van der Waals surface area contributed by atoms with E-state index in [-0.39, 0.29) is 11.6 Å². The van der Waals surface area contributed by atoms with E-state index in [1.165, 1.54) is 0 Å². The summed E-state index contributed by atoms with van der Waals surface area (Å²) in [4.78, 5) is 29.6. The van der Waals surface area contributed by atoms with Crippen LogP contribution in [0.5, 0.6) is 0 Å². The Kier molecular flexibility index (Phi) is 8.90. The average molecular weight is 531 g/mol. The summed E-state index contributed by atoms with van der Waals surface area (Å²) >= 11 is 0. The number of fused-ring (bicyclic) bond motifs is 3. The Hall–Kier alpha value is -3.06. The van der Waals surface area contributed by atoms with Crippen LogP contribution in [0, 0.1) is 5.41 Å². The summed E-state index contributed by atoms with van der Waals surface area (Å²) in [6.07, 6.45) is 4.69. The smallest absolute Gasteiger partial charge is 0.182 e. The lowest BCUT2D eigenvalue weighted by Gasteiger charge is -2.35. The molecule has 0 amide bonds. The summed E-state index contributed by atoms with van der Waals surface area (Å²) < 4.78 is 13.2. The van der Waals surface area contributed by atoms with Crippen LogP contribution >= 0.6 is 0 Å². The standard InChI is InChI=1S/C33H42N2O4/c1-7-34(8-2)32(3,4)30(36)25-14-15-28-26(22-25)27-23-33(5,31(37)24-12-10-9-11-13-24)17-16-29(27)35(28)18-19-39-21-20-38-6/h9-17,22H,7-8,18-21,23H2,1-6H3. The van der Waals surface area contributed by atoms with Gasteiger partial charge in [-0.15, -0.1) is 0 Å². The monoisotopic (exact) mass is 530 g/mol. The molecule has 0 fully saturated rings. The van der Waals surface area contributed by atoms with Crippen molar-refractivity contribution in [3.05, 3.63) is 77.0 Å². The number of Topliss-reactive ketones (excluding diaryl/α,β-unsaturated/α-hetero) is 2. The number of nitrogens with zero attached hydrogens (tertiary/aromatic N) is 2. The van der Waals surface area contributed by atoms with Crippen LogP contribution in [-0.2, 0) is 22.4 Å². The minimum absolute atomic E-state index is 0.101. The zero-order valence-electron chi connectivity index (χ0n) is 24.3. The fraction of sp³-hybridized carbons (Fsp3) is 0.455.